The molecule has 152 valence electrons. The standard InChI is InChI=1S/C21H20F3N3O2/c1-12-9-15(10-13(2)25-12)19-17-5-7-28-8-6-27(17)20(26-19)14-3-4-18(16(22)11-14)29-21(23)24/h3-4,9-11,21H,5-8H2,1-2H3. The Bertz CT molecular complexity index is 1030. The number of imidazole rings is 1. The van der Waals surface area contributed by atoms with Gasteiger partial charge in [-0.05, 0) is 44.2 Å². The number of aryl methyl sites for hydroxylation is 2. The Morgan fingerprint density at radius 1 is 1.03 bits per heavy atom. The summed E-state index contributed by atoms with van der Waals surface area (Å²) in [6, 6.07) is 7.84. The van der Waals surface area contributed by atoms with E-state index in [1.54, 1.807) is 0 Å². The topological polar surface area (TPSA) is 49.2 Å². The van der Waals surface area contributed by atoms with E-state index in [1.807, 2.05) is 30.5 Å². The lowest BCUT2D eigenvalue weighted by Gasteiger charge is -2.10. The molecule has 1 aromatic carbocycles. The molecular weight excluding hydrogens is 383 g/mol. The molecule has 2 aromatic heterocycles. The molecule has 5 nitrogen and oxygen atoms in total. The molecule has 1 aliphatic rings. The van der Waals surface area contributed by atoms with Gasteiger partial charge in [-0.1, -0.05) is 0 Å². The number of hydrogen-bond acceptors (Lipinski definition) is 4. The van der Waals surface area contributed by atoms with E-state index in [1.165, 1.54) is 18.2 Å². The second kappa shape index (κ2) is 7.87. The van der Waals surface area contributed by atoms with E-state index < -0.39 is 18.2 Å². The second-order valence-corrected chi connectivity index (χ2v) is 6.91. The van der Waals surface area contributed by atoms with Gasteiger partial charge >= 0.3 is 6.61 Å². The van der Waals surface area contributed by atoms with E-state index >= 15 is 0 Å². The van der Waals surface area contributed by atoms with Crippen LogP contribution in [-0.2, 0) is 17.7 Å². The Balaban J connectivity index is 1.84. The molecule has 0 unspecified atom stereocenters. The van der Waals surface area contributed by atoms with Crippen molar-refractivity contribution in [1.82, 2.24) is 14.5 Å². The third kappa shape index (κ3) is 3.98. The van der Waals surface area contributed by atoms with Crippen molar-refractivity contribution < 1.29 is 22.6 Å². The average molecular weight is 403 g/mol. The fraction of sp³-hybridized carbons (Fsp3) is 0.333. The van der Waals surface area contributed by atoms with Crippen molar-refractivity contribution in [3.63, 3.8) is 0 Å². The predicted molar refractivity (Wildman–Crippen MR) is 101 cm³/mol. The van der Waals surface area contributed by atoms with Gasteiger partial charge in [0.2, 0.25) is 0 Å². The van der Waals surface area contributed by atoms with Crippen LogP contribution in [0.1, 0.15) is 17.1 Å². The molecule has 4 rings (SSSR count). The van der Waals surface area contributed by atoms with E-state index in [4.69, 9.17) is 9.72 Å². The molecule has 0 bridgehead atoms. The number of hydrogen-bond donors (Lipinski definition) is 0. The van der Waals surface area contributed by atoms with Crippen molar-refractivity contribution >= 4 is 0 Å². The molecule has 0 N–H and O–H groups in total. The summed E-state index contributed by atoms with van der Waals surface area (Å²) in [6.45, 7) is 2.41. The molecule has 0 atom stereocenters. The predicted octanol–water partition coefficient (Wildman–Crippen LogP) is 4.54. The zero-order valence-electron chi connectivity index (χ0n) is 16.1. The zero-order valence-corrected chi connectivity index (χ0v) is 16.1. The quantitative estimate of drug-likeness (QED) is 0.642. The fourth-order valence-electron chi connectivity index (χ4n) is 3.66. The summed E-state index contributed by atoms with van der Waals surface area (Å²) in [7, 11) is 0. The van der Waals surface area contributed by atoms with Crippen LogP contribution in [0.15, 0.2) is 30.3 Å². The molecule has 3 heterocycles. The average Bonchev–Trinajstić information content (AvgIpc) is 2.84. The minimum absolute atomic E-state index is 0.487. The van der Waals surface area contributed by atoms with Gasteiger partial charge in [0.05, 0.1) is 18.9 Å². The van der Waals surface area contributed by atoms with Crippen LogP contribution in [0.3, 0.4) is 0 Å². The molecule has 0 aliphatic carbocycles. The molecule has 0 radical (unpaired) electrons. The molecule has 0 amide bonds. The van der Waals surface area contributed by atoms with Crippen LogP contribution in [0.25, 0.3) is 22.6 Å². The highest BCUT2D eigenvalue weighted by molar-refractivity contribution is 5.69. The Labute approximate surface area is 166 Å². The number of rotatable bonds is 4. The molecule has 0 spiro atoms. The molecule has 1 aliphatic heterocycles. The number of alkyl halides is 2. The van der Waals surface area contributed by atoms with Crippen molar-refractivity contribution in [2.24, 2.45) is 0 Å². The summed E-state index contributed by atoms with van der Waals surface area (Å²) in [5.74, 6) is -0.785. The van der Waals surface area contributed by atoms with Crippen LogP contribution < -0.4 is 4.74 Å². The molecule has 0 saturated carbocycles. The fourth-order valence-corrected chi connectivity index (χ4v) is 3.66. The molecule has 0 saturated heterocycles. The van der Waals surface area contributed by atoms with Crippen molar-refractivity contribution in [3.8, 4) is 28.4 Å². The normalized spacial score (nSPS) is 14.0. The molecular formula is C21H20F3N3O2. The number of halogens is 3. The SMILES string of the molecule is Cc1cc(-c2nc(-c3ccc(OC(F)F)c(F)c3)n3c2CCOCC3)cc(C)n1. The van der Waals surface area contributed by atoms with Crippen LogP contribution in [0, 0.1) is 19.7 Å². The second-order valence-electron chi connectivity index (χ2n) is 6.91. The van der Waals surface area contributed by atoms with Crippen LogP contribution in [0.2, 0.25) is 0 Å². The Kier molecular flexibility index (Phi) is 5.27. The van der Waals surface area contributed by atoms with E-state index in [0.717, 1.165) is 28.3 Å². The number of benzene rings is 1. The van der Waals surface area contributed by atoms with Crippen molar-refractivity contribution in [1.29, 1.82) is 0 Å². The lowest BCUT2D eigenvalue weighted by molar-refractivity contribution is -0.0521. The van der Waals surface area contributed by atoms with Gasteiger partial charge in [-0.2, -0.15) is 8.78 Å². The van der Waals surface area contributed by atoms with Crippen molar-refractivity contribution in [2.75, 3.05) is 13.2 Å². The third-order valence-electron chi connectivity index (χ3n) is 4.78. The number of ether oxygens (including phenoxy) is 2. The zero-order chi connectivity index (χ0) is 20.5. The summed E-state index contributed by atoms with van der Waals surface area (Å²) in [5, 5.41) is 0. The minimum Gasteiger partial charge on any atom is -0.432 e. The maximum atomic E-state index is 14.3. The first kappa shape index (κ1) is 19.4. The molecule has 0 fully saturated rings. The summed E-state index contributed by atoms with van der Waals surface area (Å²) in [6.07, 6.45) is 0.664. The van der Waals surface area contributed by atoms with E-state index in [0.29, 0.717) is 37.6 Å². The minimum atomic E-state index is -3.08. The molecule has 29 heavy (non-hydrogen) atoms. The largest absolute Gasteiger partial charge is 0.432 e. The first-order chi connectivity index (χ1) is 13.9. The lowest BCUT2D eigenvalue weighted by Crippen LogP contribution is -2.07. The monoisotopic (exact) mass is 403 g/mol. The summed E-state index contributed by atoms with van der Waals surface area (Å²) >= 11 is 0. The first-order valence-corrected chi connectivity index (χ1v) is 9.30. The number of fused-ring (bicyclic) bond motifs is 1. The van der Waals surface area contributed by atoms with Crippen molar-refractivity contribution in [3.05, 3.63) is 53.2 Å². The van der Waals surface area contributed by atoms with Gasteiger partial charge < -0.3 is 14.0 Å². The van der Waals surface area contributed by atoms with E-state index in [-0.39, 0.29) is 0 Å². The first-order valence-electron chi connectivity index (χ1n) is 9.30. The summed E-state index contributed by atoms with van der Waals surface area (Å²) in [5.41, 5.74) is 4.98. The van der Waals surface area contributed by atoms with Crippen LogP contribution in [0.5, 0.6) is 5.75 Å². The van der Waals surface area contributed by atoms with Crippen LogP contribution in [-0.4, -0.2) is 34.4 Å². The van der Waals surface area contributed by atoms with Gasteiger partial charge in [-0.25, -0.2) is 9.37 Å². The Hall–Kier alpha value is -2.87. The maximum Gasteiger partial charge on any atom is 0.387 e. The highest BCUT2D eigenvalue weighted by Crippen LogP contribution is 2.33. The highest BCUT2D eigenvalue weighted by atomic mass is 19.3. The van der Waals surface area contributed by atoms with Gasteiger partial charge in [-0.3, -0.25) is 4.98 Å². The van der Waals surface area contributed by atoms with Gasteiger partial charge in [0.25, 0.3) is 0 Å². The molecule has 8 heteroatoms. The Morgan fingerprint density at radius 2 is 1.79 bits per heavy atom. The number of nitrogens with zero attached hydrogens (tertiary/aromatic N) is 3. The Morgan fingerprint density at radius 3 is 2.48 bits per heavy atom. The highest BCUT2D eigenvalue weighted by Gasteiger charge is 2.23. The van der Waals surface area contributed by atoms with Crippen LogP contribution in [0.4, 0.5) is 13.2 Å². The number of pyridine rings is 1. The maximum absolute atomic E-state index is 14.3. The van der Waals surface area contributed by atoms with Crippen LogP contribution >= 0.6 is 0 Å². The summed E-state index contributed by atoms with van der Waals surface area (Å²) in [4.78, 5) is 9.23. The van der Waals surface area contributed by atoms with E-state index in [9.17, 15) is 13.2 Å². The summed E-state index contributed by atoms with van der Waals surface area (Å²) < 4.78 is 51.0. The number of aromatic nitrogens is 3. The lowest BCUT2D eigenvalue weighted by atomic mass is 10.1. The molecule has 3 aromatic rings. The van der Waals surface area contributed by atoms with Gasteiger partial charge in [-0.15, -0.1) is 0 Å². The van der Waals surface area contributed by atoms with Gasteiger partial charge in [0, 0.05) is 41.2 Å². The smallest absolute Gasteiger partial charge is 0.387 e. The van der Waals surface area contributed by atoms with Gasteiger partial charge in [0.15, 0.2) is 11.6 Å². The van der Waals surface area contributed by atoms with Crippen molar-refractivity contribution in [2.45, 2.75) is 33.4 Å². The third-order valence-corrected chi connectivity index (χ3v) is 4.78. The van der Waals surface area contributed by atoms with E-state index in [2.05, 4.69) is 9.72 Å². The van der Waals surface area contributed by atoms with Gasteiger partial charge in [0.1, 0.15) is 5.82 Å².